The summed E-state index contributed by atoms with van der Waals surface area (Å²) in [6.07, 6.45) is 1.15. The Kier molecular flexibility index (Phi) is 4.75. The molecule has 0 bridgehead atoms. The molecule has 1 heteroatoms. The second-order valence-electron chi connectivity index (χ2n) is 5.53. The lowest BCUT2D eigenvalue weighted by Crippen LogP contribution is -2.04. The molecule has 0 saturated carbocycles. The van der Waals surface area contributed by atoms with Crippen LogP contribution in [-0.2, 0) is 13.0 Å². The number of nitrogens with one attached hydrogen (secondary N) is 1. The van der Waals surface area contributed by atoms with E-state index in [1.807, 2.05) is 7.05 Å². The normalized spacial score (nSPS) is 10.9. The highest BCUT2D eigenvalue weighted by atomic mass is 14.8. The molecule has 2 rings (SSSR count). The number of hydrogen-bond acceptors (Lipinski definition) is 1. The summed E-state index contributed by atoms with van der Waals surface area (Å²) in [6.45, 7) is 5.43. The van der Waals surface area contributed by atoms with Crippen LogP contribution in [0, 0.1) is 5.92 Å². The summed E-state index contributed by atoms with van der Waals surface area (Å²) >= 11 is 0. The van der Waals surface area contributed by atoms with Gasteiger partial charge in [-0.1, -0.05) is 56.3 Å². The van der Waals surface area contributed by atoms with Crippen LogP contribution in [0.2, 0.25) is 0 Å². The maximum atomic E-state index is 3.19. The second kappa shape index (κ2) is 6.53. The van der Waals surface area contributed by atoms with Gasteiger partial charge in [-0.15, -0.1) is 0 Å². The van der Waals surface area contributed by atoms with Crippen molar-refractivity contribution in [2.24, 2.45) is 5.92 Å². The summed E-state index contributed by atoms with van der Waals surface area (Å²) in [4.78, 5) is 0. The lowest BCUT2D eigenvalue weighted by atomic mass is 9.98. The first-order chi connectivity index (χ1) is 9.19. The molecule has 0 radical (unpaired) electrons. The molecule has 1 nitrogen and oxygen atoms in total. The fourth-order valence-electron chi connectivity index (χ4n) is 2.37. The van der Waals surface area contributed by atoms with Crippen LogP contribution in [-0.4, -0.2) is 7.05 Å². The van der Waals surface area contributed by atoms with Gasteiger partial charge in [-0.2, -0.15) is 0 Å². The molecule has 1 N–H and O–H groups in total. The van der Waals surface area contributed by atoms with Crippen molar-refractivity contribution in [2.45, 2.75) is 26.8 Å². The monoisotopic (exact) mass is 253 g/mol. The van der Waals surface area contributed by atoms with Crippen LogP contribution in [0.5, 0.6) is 0 Å². The van der Waals surface area contributed by atoms with E-state index in [0.717, 1.165) is 13.0 Å². The molecule has 0 aliphatic carbocycles. The van der Waals surface area contributed by atoms with Crippen LogP contribution >= 0.6 is 0 Å². The van der Waals surface area contributed by atoms with Crippen LogP contribution in [0.1, 0.15) is 25.0 Å². The number of hydrogen-bond donors (Lipinski definition) is 1. The standard InChI is InChI=1S/C18H23N/c1-14(2)11-15-7-9-17(10-8-15)18-6-4-5-16(12-18)13-19-3/h4-10,12,14,19H,11,13H2,1-3H3. The Morgan fingerprint density at radius 3 is 2.26 bits per heavy atom. The van der Waals surface area contributed by atoms with E-state index < -0.39 is 0 Å². The van der Waals surface area contributed by atoms with Gasteiger partial charge < -0.3 is 5.32 Å². The van der Waals surface area contributed by atoms with Crippen molar-refractivity contribution in [3.05, 3.63) is 59.7 Å². The highest BCUT2D eigenvalue weighted by molar-refractivity contribution is 5.64. The molecule has 0 saturated heterocycles. The lowest BCUT2D eigenvalue weighted by Gasteiger charge is -2.08. The Labute approximate surface area is 116 Å². The van der Waals surface area contributed by atoms with Crippen molar-refractivity contribution in [1.82, 2.24) is 5.32 Å². The molecule has 0 aliphatic rings. The Bertz CT molecular complexity index is 511. The van der Waals surface area contributed by atoms with Crippen LogP contribution in [0.15, 0.2) is 48.5 Å². The van der Waals surface area contributed by atoms with E-state index in [2.05, 4.69) is 67.7 Å². The third-order valence-corrected chi connectivity index (χ3v) is 3.24. The average molecular weight is 253 g/mol. The topological polar surface area (TPSA) is 12.0 Å². The summed E-state index contributed by atoms with van der Waals surface area (Å²) in [5, 5.41) is 3.19. The predicted octanol–water partition coefficient (Wildman–Crippen LogP) is 4.27. The van der Waals surface area contributed by atoms with Crippen LogP contribution in [0.3, 0.4) is 0 Å². The molecule has 19 heavy (non-hydrogen) atoms. The molecule has 2 aromatic rings. The van der Waals surface area contributed by atoms with Crippen molar-refractivity contribution in [1.29, 1.82) is 0 Å². The van der Waals surface area contributed by atoms with Crippen molar-refractivity contribution < 1.29 is 0 Å². The minimum Gasteiger partial charge on any atom is -0.316 e. The average Bonchev–Trinajstić information content (AvgIpc) is 2.40. The van der Waals surface area contributed by atoms with Crippen LogP contribution in [0.4, 0.5) is 0 Å². The first-order valence-electron chi connectivity index (χ1n) is 7.02. The summed E-state index contributed by atoms with van der Waals surface area (Å²) < 4.78 is 0. The van der Waals surface area contributed by atoms with Crippen molar-refractivity contribution in [2.75, 3.05) is 7.05 Å². The van der Waals surface area contributed by atoms with Gasteiger partial charge in [0.1, 0.15) is 0 Å². The summed E-state index contributed by atoms with van der Waals surface area (Å²) in [7, 11) is 1.98. The van der Waals surface area contributed by atoms with Crippen molar-refractivity contribution >= 4 is 0 Å². The van der Waals surface area contributed by atoms with E-state index in [4.69, 9.17) is 0 Å². The highest BCUT2D eigenvalue weighted by Crippen LogP contribution is 2.21. The molecule has 0 unspecified atom stereocenters. The van der Waals surface area contributed by atoms with Crippen molar-refractivity contribution in [3.8, 4) is 11.1 Å². The molecule has 0 aromatic heterocycles. The molecule has 0 amide bonds. The van der Waals surface area contributed by atoms with Gasteiger partial charge in [0.15, 0.2) is 0 Å². The van der Waals surface area contributed by atoms with E-state index in [1.54, 1.807) is 0 Å². The van der Waals surface area contributed by atoms with Crippen molar-refractivity contribution in [3.63, 3.8) is 0 Å². The van der Waals surface area contributed by atoms with Gasteiger partial charge in [0.05, 0.1) is 0 Å². The Morgan fingerprint density at radius 1 is 0.895 bits per heavy atom. The van der Waals surface area contributed by atoms with E-state index in [9.17, 15) is 0 Å². The quantitative estimate of drug-likeness (QED) is 0.839. The maximum absolute atomic E-state index is 3.19. The largest absolute Gasteiger partial charge is 0.316 e. The smallest absolute Gasteiger partial charge is 0.0202 e. The number of rotatable bonds is 5. The van der Waals surface area contributed by atoms with Gasteiger partial charge in [-0.3, -0.25) is 0 Å². The molecule has 0 aliphatic heterocycles. The van der Waals surface area contributed by atoms with E-state index in [0.29, 0.717) is 5.92 Å². The molecule has 2 aromatic carbocycles. The third kappa shape index (κ3) is 3.93. The summed E-state index contributed by atoms with van der Waals surface area (Å²) in [6, 6.07) is 17.7. The van der Waals surface area contributed by atoms with Gasteiger partial charge >= 0.3 is 0 Å². The second-order valence-corrected chi connectivity index (χ2v) is 5.53. The Balaban J connectivity index is 2.19. The molecular formula is C18H23N. The first kappa shape index (κ1) is 13.8. The molecule has 0 heterocycles. The zero-order chi connectivity index (χ0) is 13.7. The highest BCUT2D eigenvalue weighted by Gasteiger charge is 2.01. The Morgan fingerprint density at radius 2 is 1.63 bits per heavy atom. The van der Waals surface area contributed by atoms with Gasteiger partial charge in [-0.25, -0.2) is 0 Å². The summed E-state index contributed by atoms with van der Waals surface area (Å²) in [5.74, 6) is 0.713. The third-order valence-electron chi connectivity index (χ3n) is 3.24. The zero-order valence-corrected chi connectivity index (χ0v) is 12.1. The fraction of sp³-hybridized carbons (Fsp3) is 0.333. The lowest BCUT2D eigenvalue weighted by molar-refractivity contribution is 0.647. The number of benzene rings is 2. The van der Waals surface area contributed by atoms with Gasteiger partial charge in [0.25, 0.3) is 0 Å². The van der Waals surface area contributed by atoms with Crippen LogP contribution in [0.25, 0.3) is 11.1 Å². The molecule has 0 spiro atoms. The molecule has 0 fully saturated rings. The molecule has 0 atom stereocenters. The van der Waals surface area contributed by atoms with Gasteiger partial charge in [-0.05, 0) is 47.7 Å². The molecular weight excluding hydrogens is 230 g/mol. The minimum atomic E-state index is 0.713. The molecule has 100 valence electrons. The Hall–Kier alpha value is -1.60. The maximum Gasteiger partial charge on any atom is 0.0202 e. The zero-order valence-electron chi connectivity index (χ0n) is 12.1. The SMILES string of the molecule is CNCc1cccc(-c2ccc(CC(C)C)cc2)c1. The fourth-order valence-corrected chi connectivity index (χ4v) is 2.37. The summed E-state index contributed by atoms with van der Waals surface area (Å²) in [5.41, 5.74) is 5.34. The van der Waals surface area contributed by atoms with E-state index in [-0.39, 0.29) is 0 Å². The van der Waals surface area contributed by atoms with E-state index >= 15 is 0 Å². The van der Waals surface area contributed by atoms with Gasteiger partial charge in [0, 0.05) is 6.54 Å². The minimum absolute atomic E-state index is 0.713. The first-order valence-corrected chi connectivity index (χ1v) is 7.02. The predicted molar refractivity (Wildman–Crippen MR) is 83.2 cm³/mol. The van der Waals surface area contributed by atoms with E-state index in [1.165, 1.54) is 22.3 Å². The van der Waals surface area contributed by atoms with Gasteiger partial charge in [0.2, 0.25) is 0 Å². The van der Waals surface area contributed by atoms with Crippen LogP contribution < -0.4 is 5.32 Å².